The fourth-order valence-corrected chi connectivity index (χ4v) is 3.06. The maximum Gasteiger partial charge on any atom is 0.292 e. The quantitative estimate of drug-likeness (QED) is 0.496. The van der Waals surface area contributed by atoms with Crippen LogP contribution >= 0.6 is 11.8 Å². The molecule has 8 nitrogen and oxygen atoms in total. The molecule has 0 aliphatic heterocycles. The van der Waals surface area contributed by atoms with E-state index >= 15 is 0 Å². The van der Waals surface area contributed by atoms with Crippen LogP contribution < -0.4 is 5.32 Å². The van der Waals surface area contributed by atoms with Gasteiger partial charge in [-0.15, -0.1) is 5.10 Å². The van der Waals surface area contributed by atoms with Gasteiger partial charge in [-0.2, -0.15) is 0 Å². The lowest BCUT2D eigenvalue weighted by atomic mass is 10.1. The number of nitro groups is 1. The van der Waals surface area contributed by atoms with Gasteiger partial charge in [0.15, 0.2) is 0 Å². The Labute approximate surface area is 125 Å². The van der Waals surface area contributed by atoms with Gasteiger partial charge >= 0.3 is 0 Å². The Morgan fingerprint density at radius 3 is 3.00 bits per heavy atom. The summed E-state index contributed by atoms with van der Waals surface area (Å²) in [6.45, 7) is 0. The minimum absolute atomic E-state index is 0.0809. The highest BCUT2D eigenvalue weighted by atomic mass is 32.2. The molecule has 1 aromatic heterocycles. The Bertz CT molecular complexity index is 670. The van der Waals surface area contributed by atoms with Gasteiger partial charge in [-0.05, 0) is 28.8 Å². The molecule has 1 aromatic carbocycles. The molecule has 0 amide bonds. The number of para-hydroxylation sites is 1. The SMILES string of the molecule is CNc1c(CSc2nnnn2C2CC2)cccc1[N+](=O)[O-]. The van der Waals surface area contributed by atoms with Crippen molar-refractivity contribution in [1.29, 1.82) is 0 Å². The standard InChI is InChI=1S/C12H14N6O2S/c1-13-11-8(3-2-4-10(11)18(19)20)7-21-12-14-15-16-17(12)9-5-6-9/h2-4,9,13H,5-7H2,1H3. The summed E-state index contributed by atoms with van der Waals surface area (Å²) in [6, 6.07) is 5.47. The highest BCUT2D eigenvalue weighted by Crippen LogP contribution is 2.38. The lowest BCUT2D eigenvalue weighted by Gasteiger charge is -2.09. The number of hydrogen-bond donors (Lipinski definition) is 1. The Morgan fingerprint density at radius 2 is 2.33 bits per heavy atom. The van der Waals surface area contributed by atoms with Crippen LogP contribution in [0.25, 0.3) is 0 Å². The predicted molar refractivity (Wildman–Crippen MR) is 78.3 cm³/mol. The van der Waals surface area contributed by atoms with E-state index < -0.39 is 0 Å². The molecular weight excluding hydrogens is 292 g/mol. The number of rotatable bonds is 6. The molecule has 1 N–H and O–H groups in total. The molecule has 9 heteroatoms. The Balaban J connectivity index is 1.80. The summed E-state index contributed by atoms with van der Waals surface area (Å²) in [7, 11) is 1.69. The van der Waals surface area contributed by atoms with Crippen LogP contribution in [0.3, 0.4) is 0 Å². The average Bonchev–Trinajstić information content (AvgIpc) is 3.23. The fraction of sp³-hybridized carbons (Fsp3) is 0.417. The molecule has 1 aliphatic carbocycles. The van der Waals surface area contributed by atoms with Crippen LogP contribution in [0.4, 0.5) is 11.4 Å². The van der Waals surface area contributed by atoms with Crippen molar-refractivity contribution in [3.63, 3.8) is 0 Å². The third-order valence-electron chi connectivity index (χ3n) is 3.29. The summed E-state index contributed by atoms with van der Waals surface area (Å²) in [4.78, 5) is 10.7. The lowest BCUT2D eigenvalue weighted by molar-refractivity contribution is -0.384. The van der Waals surface area contributed by atoms with Crippen molar-refractivity contribution < 1.29 is 4.92 Å². The second kappa shape index (κ2) is 5.68. The second-order valence-electron chi connectivity index (χ2n) is 4.74. The first-order valence-electron chi connectivity index (χ1n) is 6.55. The number of nitrogens with zero attached hydrogens (tertiary/aromatic N) is 5. The zero-order valence-electron chi connectivity index (χ0n) is 11.4. The molecule has 3 rings (SSSR count). The molecular formula is C12H14N6O2S. The van der Waals surface area contributed by atoms with Gasteiger partial charge in [-0.25, -0.2) is 4.68 Å². The van der Waals surface area contributed by atoms with E-state index in [0.717, 1.165) is 23.6 Å². The second-order valence-corrected chi connectivity index (χ2v) is 5.69. The largest absolute Gasteiger partial charge is 0.382 e. The molecule has 0 spiro atoms. The first kappa shape index (κ1) is 13.8. The summed E-state index contributed by atoms with van der Waals surface area (Å²) < 4.78 is 1.83. The van der Waals surface area contributed by atoms with Gasteiger partial charge in [0, 0.05) is 18.9 Å². The van der Waals surface area contributed by atoms with Crippen LogP contribution in [-0.4, -0.2) is 32.2 Å². The third-order valence-corrected chi connectivity index (χ3v) is 4.27. The maximum atomic E-state index is 11.0. The predicted octanol–water partition coefficient (Wildman–Crippen LogP) is 2.25. The molecule has 110 valence electrons. The number of tetrazole rings is 1. The van der Waals surface area contributed by atoms with Crippen molar-refractivity contribution in [2.75, 3.05) is 12.4 Å². The fourth-order valence-electron chi connectivity index (χ4n) is 2.12. The van der Waals surface area contributed by atoms with E-state index in [2.05, 4.69) is 20.8 Å². The molecule has 1 aliphatic rings. The third kappa shape index (κ3) is 2.82. The first-order valence-corrected chi connectivity index (χ1v) is 7.54. The molecule has 2 aromatic rings. The zero-order valence-corrected chi connectivity index (χ0v) is 12.2. The van der Waals surface area contributed by atoms with Gasteiger partial charge in [0.05, 0.1) is 11.0 Å². The van der Waals surface area contributed by atoms with Crippen LogP contribution in [0.1, 0.15) is 24.4 Å². The summed E-state index contributed by atoms with van der Waals surface area (Å²) in [5, 5.41) is 26.4. The number of hydrogen-bond acceptors (Lipinski definition) is 7. The molecule has 0 saturated heterocycles. The van der Waals surface area contributed by atoms with Crippen molar-refractivity contribution in [2.45, 2.75) is 29.8 Å². The van der Waals surface area contributed by atoms with E-state index in [1.165, 1.54) is 17.8 Å². The van der Waals surface area contributed by atoms with Gasteiger partial charge in [0.25, 0.3) is 5.69 Å². The number of benzene rings is 1. The van der Waals surface area contributed by atoms with Crippen molar-refractivity contribution in [3.8, 4) is 0 Å². The number of aromatic nitrogens is 4. The van der Waals surface area contributed by atoms with Crippen LogP contribution in [-0.2, 0) is 5.75 Å². The average molecular weight is 306 g/mol. The summed E-state index contributed by atoms with van der Waals surface area (Å²) in [6.07, 6.45) is 2.22. The highest BCUT2D eigenvalue weighted by Gasteiger charge is 2.28. The number of anilines is 1. The molecule has 1 heterocycles. The minimum Gasteiger partial charge on any atom is -0.382 e. The highest BCUT2D eigenvalue weighted by molar-refractivity contribution is 7.98. The molecule has 0 bridgehead atoms. The van der Waals surface area contributed by atoms with Crippen LogP contribution in [0.2, 0.25) is 0 Å². The molecule has 21 heavy (non-hydrogen) atoms. The number of nitro benzene ring substituents is 1. The van der Waals surface area contributed by atoms with Crippen LogP contribution in [0, 0.1) is 10.1 Å². The van der Waals surface area contributed by atoms with Gasteiger partial charge in [-0.3, -0.25) is 10.1 Å². The monoisotopic (exact) mass is 306 g/mol. The van der Waals surface area contributed by atoms with E-state index in [-0.39, 0.29) is 10.6 Å². The van der Waals surface area contributed by atoms with Crippen LogP contribution in [0.5, 0.6) is 0 Å². The summed E-state index contributed by atoms with van der Waals surface area (Å²) >= 11 is 1.49. The van der Waals surface area contributed by atoms with Crippen molar-refractivity contribution in [1.82, 2.24) is 20.2 Å². The normalized spacial score (nSPS) is 14.1. The first-order chi connectivity index (χ1) is 10.2. The van der Waals surface area contributed by atoms with E-state index in [4.69, 9.17) is 0 Å². The van der Waals surface area contributed by atoms with Gasteiger partial charge < -0.3 is 5.32 Å². The van der Waals surface area contributed by atoms with Crippen molar-refractivity contribution in [2.24, 2.45) is 0 Å². The van der Waals surface area contributed by atoms with Gasteiger partial charge in [0.2, 0.25) is 5.16 Å². The van der Waals surface area contributed by atoms with E-state index in [9.17, 15) is 10.1 Å². The van der Waals surface area contributed by atoms with Crippen LogP contribution in [0.15, 0.2) is 23.4 Å². The molecule has 0 atom stereocenters. The Morgan fingerprint density at radius 1 is 1.52 bits per heavy atom. The summed E-state index contributed by atoms with van der Waals surface area (Å²) in [5.41, 5.74) is 1.49. The van der Waals surface area contributed by atoms with E-state index in [0.29, 0.717) is 17.5 Å². The maximum absolute atomic E-state index is 11.0. The Hall–Kier alpha value is -2.16. The minimum atomic E-state index is -0.381. The van der Waals surface area contributed by atoms with Gasteiger partial charge in [-0.1, -0.05) is 23.9 Å². The smallest absolute Gasteiger partial charge is 0.292 e. The summed E-state index contributed by atoms with van der Waals surface area (Å²) in [5.74, 6) is 0.574. The van der Waals surface area contributed by atoms with E-state index in [1.807, 2.05) is 10.7 Å². The molecule has 1 fully saturated rings. The van der Waals surface area contributed by atoms with E-state index in [1.54, 1.807) is 13.1 Å². The van der Waals surface area contributed by atoms with Crippen molar-refractivity contribution in [3.05, 3.63) is 33.9 Å². The Kier molecular flexibility index (Phi) is 3.74. The number of thioether (sulfide) groups is 1. The molecule has 1 saturated carbocycles. The zero-order chi connectivity index (χ0) is 14.8. The van der Waals surface area contributed by atoms with Gasteiger partial charge in [0.1, 0.15) is 5.69 Å². The number of nitrogens with one attached hydrogen (secondary N) is 1. The molecule has 0 unspecified atom stereocenters. The van der Waals surface area contributed by atoms with Crippen molar-refractivity contribution >= 4 is 23.1 Å². The topological polar surface area (TPSA) is 98.8 Å². The lowest BCUT2D eigenvalue weighted by Crippen LogP contribution is -2.01. The molecule has 0 radical (unpaired) electrons.